The van der Waals surface area contributed by atoms with Crippen molar-refractivity contribution < 1.29 is 18.3 Å². The second kappa shape index (κ2) is 9.79. The molecule has 0 saturated carbocycles. The van der Waals surface area contributed by atoms with Gasteiger partial charge in [0.05, 0.1) is 6.54 Å². The molecule has 1 atom stereocenters. The summed E-state index contributed by atoms with van der Waals surface area (Å²) in [6.07, 6.45) is -1.17. The fourth-order valence-corrected chi connectivity index (χ4v) is 4.04. The van der Waals surface area contributed by atoms with Crippen molar-refractivity contribution in [2.45, 2.75) is 12.7 Å². The standard InChI is InChI=1S/C25H24BrF2N3O2/c1-30(2)25(32)15-33-20-7-5-19(6-8-20)29-13-18(28)14-31-23-9-3-16(26)11-21(23)22-12-17(27)4-10-24(22)31/h3-12,18,29H,13-15H2,1-2H3. The molecule has 4 aromatic rings. The average molecular weight is 516 g/mol. The summed E-state index contributed by atoms with van der Waals surface area (Å²) in [5.74, 6) is 0.118. The highest BCUT2D eigenvalue weighted by atomic mass is 79.9. The predicted molar refractivity (Wildman–Crippen MR) is 131 cm³/mol. The molecule has 1 heterocycles. The number of ether oxygens (including phenoxy) is 1. The van der Waals surface area contributed by atoms with Crippen molar-refractivity contribution in [2.24, 2.45) is 0 Å². The first kappa shape index (κ1) is 23.0. The van der Waals surface area contributed by atoms with E-state index >= 15 is 0 Å². The van der Waals surface area contributed by atoms with Gasteiger partial charge in [-0.2, -0.15) is 0 Å². The van der Waals surface area contributed by atoms with Crippen LogP contribution >= 0.6 is 15.9 Å². The maximum Gasteiger partial charge on any atom is 0.259 e. The van der Waals surface area contributed by atoms with Gasteiger partial charge in [0.15, 0.2) is 6.61 Å². The number of carbonyl (C=O) groups is 1. The SMILES string of the molecule is CN(C)C(=O)COc1ccc(NCC(F)Cn2c3ccc(F)cc3c3cc(Br)ccc32)cc1. The summed E-state index contributed by atoms with van der Waals surface area (Å²) in [4.78, 5) is 13.1. The summed E-state index contributed by atoms with van der Waals surface area (Å²) in [6.45, 7) is 0.206. The fourth-order valence-electron chi connectivity index (χ4n) is 3.68. The molecule has 0 aliphatic rings. The Morgan fingerprint density at radius 3 is 2.42 bits per heavy atom. The van der Waals surface area contributed by atoms with Gasteiger partial charge in [-0.05, 0) is 60.7 Å². The molecular weight excluding hydrogens is 492 g/mol. The van der Waals surface area contributed by atoms with Crippen LogP contribution in [0.5, 0.6) is 5.75 Å². The van der Waals surface area contributed by atoms with E-state index in [4.69, 9.17) is 4.74 Å². The van der Waals surface area contributed by atoms with Gasteiger partial charge in [0.25, 0.3) is 5.91 Å². The number of hydrogen-bond acceptors (Lipinski definition) is 3. The zero-order valence-corrected chi connectivity index (χ0v) is 19.9. The van der Waals surface area contributed by atoms with Crippen molar-refractivity contribution in [3.63, 3.8) is 0 Å². The first-order valence-electron chi connectivity index (χ1n) is 10.5. The van der Waals surface area contributed by atoms with E-state index in [1.54, 1.807) is 44.4 Å². The Bertz CT molecular complexity index is 1230. The Labute approximate surface area is 199 Å². The second-order valence-corrected chi connectivity index (χ2v) is 8.93. The van der Waals surface area contributed by atoms with Crippen molar-refractivity contribution in [1.29, 1.82) is 0 Å². The summed E-state index contributed by atoms with van der Waals surface area (Å²) >= 11 is 3.46. The Kier molecular flexibility index (Phi) is 6.83. The summed E-state index contributed by atoms with van der Waals surface area (Å²) in [6, 6.07) is 17.3. The van der Waals surface area contributed by atoms with Crippen molar-refractivity contribution in [3.05, 3.63) is 71.0 Å². The van der Waals surface area contributed by atoms with Crippen LogP contribution in [0, 0.1) is 5.82 Å². The second-order valence-electron chi connectivity index (χ2n) is 8.01. The van der Waals surface area contributed by atoms with Crippen LogP contribution in [0.2, 0.25) is 0 Å². The van der Waals surface area contributed by atoms with Gasteiger partial charge in [-0.3, -0.25) is 4.79 Å². The highest BCUT2D eigenvalue weighted by molar-refractivity contribution is 9.10. The minimum atomic E-state index is -1.17. The van der Waals surface area contributed by atoms with Crippen LogP contribution in [0.4, 0.5) is 14.5 Å². The number of hydrogen-bond donors (Lipinski definition) is 1. The van der Waals surface area contributed by atoms with Crippen LogP contribution < -0.4 is 10.1 Å². The van der Waals surface area contributed by atoms with Gasteiger partial charge >= 0.3 is 0 Å². The van der Waals surface area contributed by atoms with Gasteiger partial charge in [0.2, 0.25) is 0 Å². The molecule has 8 heteroatoms. The van der Waals surface area contributed by atoms with Gasteiger partial charge in [-0.1, -0.05) is 15.9 Å². The third-order valence-corrected chi connectivity index (χ3v) is 5.91. The van der Waals surface area contributed by atoms with Gasteiger partial charge in [0.1, 0.15) is 17.7 Å². The van der Waals surface area contributed by atoms with E-state index < -0.39 is 6.17 Å². The number of rotatable bonds is 8. The maximum atomic E-state index is 15.0. The maximum absolute atomic E-state index is 15.0. The van der Waals surface area contributed by atoms with Gasteiger partial charge in [0, 0.05) is 52.6 Å². The molecule has 172 valence electrons. The normalized spacial score (nSPS) is 12.2. The number of fused-ring (bicyclic) bond motifs is 3. The van der Waals surface area contributed by atoms with E-state index in [-0.39, 0.29) is 31.4 Å². The number of carbonyl (C=O) groups excluding carboxylic acids is 1. The molecule has 0 saturated heterocycles. The van der Waals surface area contributed by atoms with Gasteiger partial charge in [-0.25, -0.2) is 8.78 Å². The van der Waals surface area contributed by atoms with Crippen LogP contribution in [0.25, 0.3) is 21.8 Å². The Balaban J connectivity index is 1.43. The van der Waals surface area contributed by atoms with Gasteiger partial charge < -0.3 is 19.5 Å². The largest absolute Gasteiger partial charge is 0.484 e. The Morgan fingerprint density at radius 1 is 1.06 bits per heavy atom. The molecule has 0 aliphatic heterocycles. The monoisotopic (exact) mass is 515 g/mol. The molecule has 1 amide bonds. The number of nitrogens with one attached hydrogen (secondary N) is 1. The first-order valence-corrected chi connectivity index (χ1v) is 11.3. The third-order valence-electron chi connectivity index (χ3n) is 5.41. The summed E-state index contributed by atoms with van der Waals surface area (Å²) in [7, 11) is 3.34. The number of aromatic nitrogens is 1. The van der Waals surface area contributed by atoms with Crippen LogP contribution in [0.1, 0.15) is 0 Å². The highest BCUT2D eigenvalue weighted by Crippen LogP contribution is 2.32. The van der Waals surface area contributed by atoms with Crippen LogP contribution in [0.15, 0.2) is 65.1 Å². The molecule has 0 bridgehead atoms. The summed E-state index contributed by atoms with van der Waals surface area (Å²) in [5, 5.41) is 4.73. The van der Waals surface area contributed by atoms with E-state index in [9.17, 15) is 13.6 Å². The van der Waals surface area contributed by atoms with Crippen molar-refractivity contribution in [2.75, 3.05) is 32.6 Å². The molecule has 1 N–H and O–H groups in total. The molecule has 33 heavy (non-hydrogen) atoms. The molecular formula is C25H24BrF2N3O2. The van der Waals surface area contributed by atoms with E-state index in [1.165, 1.54) is 17.0 Å². The zero-order valence-electron chi connectivity index (χ0n) is 18.3. The molecule has 0 radical (unpaired) electrons. The lowest BCUT2D eigenvalue weighted by Crippen LogP contribution is -2.27. The molecule has 5 nitrogen and oxygen atoms in total. The van der Waals surface area contributed by atoms with E-state index in [0.29, 0.717) is 5.75 Å². The summed E-state index contributed by atoms with van der Waals surface area (Å²) in [5.41, 5.74) is 2.40. The minimum Gasteiger partial charge on any atom is -0.484 e. The molecule has 0 fully saturated rings. The number of alkyl halides is 1. The lowest BCUT2D eigenvalue weighted by atomic mass is 10.1. The number of anilines is 1. The molecule has 1 aromatic heterocycles. The number of nitrogens with zero attached hydrogens (tertiary/aromatic N) is 2. The average Bonchev–Trinajstić information content (AvgIpc) is 3.08. The molecule has 0 spiro atoms. The van der Waals surface area contributed by atoms with Crippen molar-refractivity contribution in [3.8, 4) is 5.75 Å². The topological polar surface area (TPSA) is 46.5 Å². The minimum absolute atomic E-state index is 0.0361. The van der Waals surface area contributed by atoms with Crippen LogP contribution in [-0.2, 0) is 11.3 Å². The highest BCUT2D eigenvalue weighted by Gasteiger charge is 2.16. The lowest BCUT2D eigenvalue weighted by molar-refractivity contribution is -0.130. The van der Waals surface area contributed by atoms with Crippen molar-refractivity contribution in [1.82, 2.24) is 9.47 Å². The third kappa shape index (κ3) is 5.27. The quantitative estimate of drug-likeness (QED) is 0.331. The van der Waals surface area contributed by atoms with Crippen molar-refractivity contribution >= 4 is 49.3 Å². The smallest absolute Gasteiger partial charge is 0.259 e. The molecule has 3 aromatic carbocycles. The molecule has 1 unspecified atom stereocenters. The zero-order chi connectivity index (χ0) is 23.5. The molecule has 4 rings (SSSR count). The first-order chi connectivity index (χ1) is 15.8. The Morgan fingerprint density at radius 2 is 1.73 bits per heavy atom. The van der Waals surface area contributed by atoms with E-state index in [0.717, 1.165) is 32.0 Å². The van der Waals surface area contributed by atoms with E-state index in [2.05, 4.69) is 21.2 Å². The Hall–Kier alpha value is -3.13. The van der Waals surface area contributed by atoms with Crippen LogP contribution in [0.3, 0.4) is 0 Å². The predicted octanol–water partition coefficient (Wildman–Crippen LogP) is 5.61. The van der Waals surface area contributed by atoms with E-state index in [1.807, 2.05) is 22.8 Å². The summed E-state index contributed by atoms with van der Waals surface area (Å²) < 4.78 is 37.1. The number of likely N-dealkylation sites (N-methyl/N-ethyl adjacent to an activating group) is 1. The fraction of sp³-hybridized carbons (Fsp3) is 0.240. The van der Waals surface area contributed by atoms with Gasteiger partial charge in [-0.15, -0.1) is 0 Å². The molecule has 0 aliphatic carbocycles. The number of benzene rings is 3. The number of amides is 1. The lowest BCUT2D eigenvalue weighted by Gasteiger charge is -2.15. The number of halogens is 3. The van der Waals surface area contributed by atoms with Crippen LogP contribution in [-0.4, -0.2) is 48.8 Å².